The quantitative estimate of drug-likeness (QED) is 0.483. The van der Waals surface area contributed by atoms with Crippen LogP contribution in [-0.4, -0.2) is 73.2 Å². The largest absolute Gasteiger partial charge is 0.360 e. The van der Waals surface area contributed by atoms with Gasteiger partial charge in [-0.15, -0.1) is 5.10 Å². The molecule has 2 N–H and O–H groups in total. The molecule has 2 atom stereocenters. The van der Waals surface area contributed by atoms with Crippen molar-refractivity contribution in [1.29, 1.82) is 0 Å². The number of likely N-dealkylation sites (tertiary alicyclic amines) is 2. The van der Waals surface area contributed by atoms with Gasteiger partial charge in [-0.25, -0.2) is 4.98 Å². The molecule has 4 aromatic rings. The van der Waals surface area contributed by atoms with E-state index in [-0.39, 0.29) is 22.6 Å². The Balaban J connectivity index is 1.16. The van der Waals surface area contributed by atoms with Crippen molar-refractivity contribution in [2.45, 2.75) is 26.2 Å². The Labute approximate surface area is 195 Å². The maximum Gasteiger partial charge on any atom is 0.256 e. The maximum atomic E-state index is 13.6. The lowest BCUT2D eigenvalue weighted by Crippen LogP contribution is -2.39. The van der Waals surface area contributed by atoms with Gasteiger partial charge >= 0.3 is 0 Å². The van der Waals surface area contributed by atoms with Gasteiger partial charge in [0.25, 0.3) is 11.8 Å². The fourth-order valence-corrected chi connectivity index (χ4v) is 6.87. The Hall–Kier alpha value is -3.75. The number of hydrogen-bond acceptors (Lipinski definition) is 5. The monoisotopic (exact) mass is 455 g/mol. The van der Waals surface area contributed by atoms with Crippen LogP contribution < -0.4 is 0 Å². The van der Waals surface area contributed by atoms with Crippen LogP contribution in [0, 0.1) is 17.8 Å². The lowest BCUT2D eigenvalue weighted by molar-refractivity contribution is 0.0696. The van der Waals surface area contributed by atoms with E-state index in [9.17, 15) is 9.59 Å². The Morgan fingerprint density at radius 3 is 2.47 bits per heavy atom. The Bertz CT molecular complexity index is 1470. The number of hydrogen-bond donors (Lipinski definition) is 2. The number of H-pyrrole nitrogens is 2. The minimum atomic E-state index is -0.0353. The molecule has 0 spiro atoms. The maximum absolute atomic E-state index is 13.6. The Morgan fingerprint density at radius 2 is 1.71 bits per heavy atom. The molecule has 3 fully saturated rings. The SMILES string of the molecule is Cc1ccc2c(C(=O)N3CC45CCCC4(CN(C(=O)c4cnc6n[nH]nc6c4)C5)C3)c[nH]c2c1. The number of aromatic amines is 2. The molecule has 5 heterocycles. The van der Waals surface area contributed by atoms with E-state index >= 15 is 0 Å². The summed E-state index contributed by atoms with van der Waals surface area (Å²) in [6.07, 6.45) is 6.68. The van der Waals surface area contributed by atoms with E-state index < -0.39 is 0 Å². The third-order valence-corrected chi connectivity index (χ3v) is 8.47. The summed E-state index contributed by atoms with van der Waals surface area (Å²) in [4.78, 5) is 38.5. The molecule has 9 heteroatoms. The number of fused-ring (bicyclic) bond motifs is 2. The van der Waals surface area contributed by atoms with Crippen molar-refractivity contribution in [2.24, 2.45) is 10.8 Å². The first-order valence-corrected chi connectivity index (χ1v) is 11.8. The lowest BCUT2D eigenvalue weighted by Gasteiger charge is -2.29. The number of aryl methyl sites for hydroxylation is 1. The smallest absolute Gasteiger partial charge is 0.256 e. The van der Waals surface area contributed by atoms with Crippen molar-refractivity contribution in [2.75, 3.05) is 26.2 Å². The summed E-state index contributed by atoms with van der Waals surface area (Å²) in [7, 11) is 0. The highest BCUT2D eigenvalue weighted by Crippen LogP contribution is 2.62. The second-order valence-corrected chi connectivity index (χ2v) is 10.4. The molecule has 2 saturated heterocycles. The van der Waals surface area contributed by atoms with Gasteiger partial charge in [0.1, 0.15) is 5.52 Å². The van der Waals surface area contributed by atoms with Crippen LogP contribution in [0.2, 0.25) is 0 Å². The number of carbonyl (C=O) groups excluding carboxylic acids is 2. The number of aromatic nitrogens is 5. The Kier molecular flexibility index (Phi) is 3.85. The molecule has 7 rings (SSSR count). The molecule has 3 aliphatic rings. The number of pyridine rings is 1. The van der Waals surface area contributed by atoms with E-state index in [4.69, 9.17) is 0 Å². The number of benzene rings is 1. The minimum absolute atomic E-state index is 0.0164. The van der Waals surface area contributed by atoms with Crippen LogP contribution in [0.15, 0.2) is 36.7 Å². The molecule has 2 amide bonds. The predicted molar refractivity (Wildman–Crippen MR) is 125 cm³/mol. The zero-order valence-corrected chi connectivity index (χ0v) is 19.0. The van der Waals surface area contributed by atoms with E-state index in [0.29, 0.717) is 42.9 Å². The summed E-state index contributed by atoms with van der Waals surface area (Å²) >= 11 is 0. The molecule has 0 bridgehead atoms. The van der Waals surface area contributed by atoms with E-state index in [0.717, 1.165) is 35.7 Å². The molecule has 1 saturated carbocycles. The zero-order valence-electron chi connectivity index (χ0n) is 19.0. The zero-order chi connectivity index (χ0) is 23.1. The molecule has 172 valence electrons. The normalized spacial score (nSPS) is 25.9. The molecule has 2 unspecified atom stereocenters. The summed E-state index contributed by atoms with van der Waals surface area (Å²) < 4.78 is 0. The van der Waals surface area contributed by atoms with Crippen LogP contribution in [0.4, 0.5) is 0 Å². The van der Waals surface area contributed by atoms with Gasteiger partial charge in [-0.05, 0) is 37.5 Å². The van der Waals surface area contributed by atoms with Crippen LogP contribution >= 0.6 is 0 Å². The Morgan fingerprint density at radius 1 is 0.971 bits per heavy atom. The average molecular weight is 456 g/mol. The molecule has 1 aliphatic carbocycles. The topological polar surface area (TPSA) is 111 Å². The molecule has 1 aromatic carbocycles. The number of carbonyl (C=O) groups is 2. The summed E-state index contributed by atoms with van der Waals surface area (Å²) in [5.41, 5.74) is 4.46. The van der Waals surface area contributed by atoms with E-state index in [1.165, 1.54) is 5.56 Å². The molecule has 9 nitrogen and oxygen atoms in total. The van der Waals surface area contributed by atoms with Gasteiger partial charge in [-0.1, -0.05) is 18.6 Å². The van der Waals surface area contributed by atoms with Gasteiger partial charge in [-0.2, -0.15) is 10.3 Å². The van der Waals surface area contributed by atoms with E-state index in [1.807, 2.05) is 28.1 Å². The van der Waals surface area contributed by atoms with Crippen LogP contribution in [0.25, 0.3) is 22.1 Å². The predicted octanol–water partition coefficient (Wildman–Crippen LogP) is 2.91. The molecule has 3 aromatic heterocycles. The molecular formula is C25H25N7O2. The first-order chi connectivity index (χ1) is 16.5. The number of nitrogens with one attached hydrogen (secondary N) is 2. The first-order valence-electron chi connectivity index (χ1n) is 11.8. The molecule has 2 aliphatic heterocycles. The minimum Gasteiger partial charge on any atom is -0.360 e. The number of nitrogens with zero attached hydrogens (tertiary/aromatic N) is 5. The van der Waals surface area contributed by atoms with E-state index in [2.05, 4.69) is 38.4 Å². The van der Waals surface area contributed by atoms with Gasteiger partial charge in [0.15, 0.2) is 0 Å². The van der Waals surface area contributed by atoms with Crippen molar-refractivity contribution in [3.63, 3.8) is 0 Å². The highest BCUT2D eigenvalue weighted by molar-refractivity contribution is 6.07. The van der Waals surface area contributed by atoms with Gasteiger partial charge in [-0.3, -0.25) is 9.59 Å². The van der Waals surface area contributed by atoms with Gasteiger partial charge in [0, 0.05) is 60.3 Å². The second kappa shape index (κ2) is 6.65. The van der Waals surface area contributed by atoms with Crippen molar-refractivity contribution < 1.29 is 9.59 Å². The number of amides is 2. The molecule has 0 radical (unpaired) electrons. The highest BCUT2D eigenvalue weighted by Gasteiger charge is 2.66. The summed E-state index contributed by atoms with van der Waals surface area (Å²) in [6.45, 7) is 4.82. The second-order valence-electron chi connectivity index (χ2n) is 10.4. The van der Waals surface area contributed by atoms with Crippen LogP contribution in [0.3, 0.4) is 0 Å². The van der Waals surface area contributed by atoms with E-state index in [1.54, 1.807) is 12.3 Å². The van der Waals surface area contributed by atoms with Crippen molar-refractivity contribution in [3.8, 4) is 0 Å². The van der Waals surface area contributed by atoms with Crippen molar-refractivity contribution in [3.05, 3.63) is 53.3 Å². The fourth-order valence-electron chi connectivity index (χ4n) is 6.87. The van der Waals surface area contributed by atoms with Crippen molar-refractivity contribution in [1.82, 2.24) is 35.2 Å². The fraction of sp³-hybridized carbons (Fsp3) is 0.400. The van der Waals surface area contributed by atoms with Crippen LogP contribution in [-0.2, 0) is 0 Å². The summed E-state index contributed by atoms with van der Waals surface area (Å²) in [5, 5.41) is 11.6. The van der Waals surface area contributed by atoms with Crippen LogP contribution in [0.1, 0.15) is 45.5 Å². The lowest BCUT2D eigenvalue weighted by atomic mass is 9.71. The summed E-state index contributed by atoms with van der Waals surface area (Å²) in [5.74, 6) is 0.0704. The van der Waals surface area contributed by atoms with Crippen molar-refractivity contribution >= 4 is 33.9 Å². The standard InChI is InChI=1S/C25H25N7O2/c1-15-3-4-17-18(10-26-19(17)7-15)23(34)32-13-24-5-2-6-25(24,14-32)12-31(11-24)22(33)16-8-20-21(27-9-16)29-30-28-20/h3-4,7-10,26H,2,5-6,11-14H2,1H3,(H,27,28,29,30). The third kappa shape index (κ3) is 2.58. The van der Waals surface area contributed by atoms with Gasteiger partial charge < -0.3 is 14.8 Å². The third-order valence-electron chi connectivity index (χ3n) is 8.47. The van der Waals surface area contributed by atoms with Gasteiger partial charge in [0.2, 0.25) is 5.65 Å². The van der Waals surface area contributed by atoms with Gasteiger partial charge in [0.05, 0.1) is 11.1 Å². The highest BCUT2D eigenvalue weighted by atomic mass is 16.2. The molecule has 34 heavy (non-hydrogen) atoms. The summed E-state index contributed by atoms with van der Waals surface area (Å²) in [6, 6.07) is 7.91. The number of rotatable bonds is 2. The van der Waals surface area contributed by atoms with Crippen LogP contribution in [0.5, 0.6) is 0 Å². The average Bonchev–Trinajstić information content (AvgIpc) is 3.59. The first kappa shape index (κ1) is 19.7. The molecular weight excluding hydrogens is 430 g/mol.